The highest BCUT2D eigenvalue weighted by molar-refractivity contribution is 5.89. The number of rotatable bonds is 9. The Bertz CT molecular complexity index is 1010. The number of carbonyl (C=O) groups excluding carboxylic acids is 2. The molecule has 3 N–H and O–H groups in total. The van der Waals surface area contributed by atoms with Gasteiger partial charge in [-0.3, -0.25) is 9.59 Å². The van der Waals surface area contributed by atoms with Crippen molar-refractivity contribution in [3.05, 3.63) is 39.7 Å². The van der Waals surface area contributed by atoms with Crippen molar-refractivity contribution in [2.75, 3.05) is 13.7 Å². The standard InChI is InChI=1S/C21H26N2O7/c1-5-11(2)19(20(26)27)23-18(25)10-22-17(24)9-15-12(3)14-7-6-13(29-4)8-16(14)30-21(15)28/h6-8,11,19H,5,9-10H2,1-4H3,(H,22,24)(H,23,25)(H,26,27)/t11-,19+/m1/s1. The third kappa shape index (κ3) is 5.37. The maximum absolute atomic E-state index is 12.3. The Labute approximate surface area is 173 Å². The number of amides is 2. The molecule has 0 bridgehead atoms. The fourth-order valence-electron chi connectivity index (χ4n) is 3.02. The average molecular weight is 418 g/mol. The van der Waals surface area contributed by atoms with Crippen LogP contribution in [-0.2, 0) is 20.8 Å². The predicted molar refractivity (Wildman–Crippen MR) is 110 cm³/mol. The van der Waals surface area contributed by atoms with Crippen molar-refractivity contribution in [1.29, 1.82) is 0 Å². The Balaban J connectivity index is 2.06. The number of aryl methyl sites for hydroxylation is 1. The number of benzene rings is 1. The lowest BCUT2D eigenvalue weighted by atomic mass is 9.99. The van der Waals surface area contributed by atoms with Crippen molar-refractivity contribution in [3.63, 3.8) is 0 Å². The van der Waals surface area contributed by atoms with Gasteiger partial charge in [0.25, 0.3) is 0 Å². The van der Waals surface area contributed by atoms with Gasteiger partial charge in [0.15, 0.2) is 0 Å². The fourth-order valence-corrected chi connectivity index (χ4v) is 3.02. The molecule has 0 aliphatic carbocycles. The number of methoxy groups -OCH3 is 1. The van der Waals surface area contributed by atoms with Gasteiger partial charge in [-0.05, 0) is 30.5 Å². The highest BCUT2D eigenvalue weighted by atomic mass is 16.5. The summed E-state index contributed by atoms with van der Waals surface area (Å²) in [7, 11) is 1.50. The molecular weight excluding hydrogens is 392 g/mol. The summed E-state index contributed by atoms with van der Waals surface area (Å²) in [5, 5.41) is 14.7. The highest BCUT2D eigenvalue weighted by Gasteiger charge is 2.25. The summed E-state index contributed by atoms with van der Waals surface area (Å²) in [5.74, 6) is -2.02. The van der Waals surface area contributed by atoms with Crippen LogP contribution in [0.5, 0.6) is 5.75 Å². The van der Waals surface area contributed by atoms with Crippen molar-refractivity contribution < 1.29 is 28.6 Å². The molecule has 2 rings (SSSR count). The zero-order valence-electron chi connectivity index (χ0n) is 17.4. The predicted octanol–water partition coefficient (Wildman–Crippen LogP) is 1.38. The van der Waals surface area contributed by atoms with E-state index in [4.69, 9.17) is 9.15 Å². The smallest absolute Gasteiger partial charge is 0.340 e. The Morgan fingerprint density at radius 2 is 1.93 bits per heavy atom. The Kier molecular flexibility index (Phi) is 7.57. The summed E-state index contributed by atoms with van der Waals surface area (Å²) in [4.78, 5) is 47.9. The van der Waals surface area contributed by atoms with Crippen LogP contribution < -0.4 is 21.0 Å². The van der Waals surface area contributed by atoms with Crippen molar-refractivity contribution in [2.24, 2.45) is 5.92 Å². The van der Waals surface area contributed by atoms with E-state index in [0.717, 1.165) is 0 Å². The second-order valence-electron chi connectivity index (χ2n) is 7.08. The van der Waals surface area contributed by atoms with E-state index in [1.54, 1.807) is 32.0 Å². The van der Waals surface area contributed by atoms with Crippen LogP contribution in [0.15, 0.2) is 27.4 Å². The number of hydrogen-bond acceptors (Lipinski definition) is 6. The number of nitrogens with one attached hydrogen (secondary N) is 2. The molecule has 1 aromatic carbocycles. The highest BCUT2D eigenvalue weighted by Crippen LogP contribution is 2.24. The molecule has 1 aromatic heterocycles. The monoisotopic (exact) mass is 418 g/mol. The quantitative estimate of drug-likeness (QED) is 0.524. The van der Waals surface area contributed by atoms with Crippen molar-refractivity contribution in [3.8, 4) is 5.75 Å². The summed E-state index contributed by atoms with van der Waals surface area (Å²) < 4.78 is 10.4. The number of hydrogen-bond donors (Lipinski definition) is 3. The lowest BCUT2D eigenvalue weighted by molar-refractivity contribution is -0.143. The fraction of sp³-hybridized carbons (Fsp3) is 0.429. The molecule has 0 unspecified atom stereocenters. The number of carboxylic acids is 1. The minimum Gasteiger partial charge on any atom is -0.497 e. The number of fused-ring (bicyclic) bond motifs is 1. The summed E-state index contributed by atoms with van der Waals surface area (Å²) in [6, 6.07) is 4.02. The van der Waals surface area contributed by atoms with E-state index >= 15 is 0 Å². The van der Waals surface area contributed by atoms with Crippen LogP contribution in [0.3, 0.4) is 0 Å². The molecule has 2 amide bonds. The van der Waals surface area contributed by atoms with Gasteiger partial charge in [0.05, 0.1) is 25.6 Å². The molecule has 0 aliphatic heterocycles. The van der Waals surface area contributed by atoms with Gasteiger partial charge < -0.3 is 24.9 Å². The zero-order valence-corrected chi connectivity index (χ0v) is 17.4. The third-order valence-electron chi connectivity index (χ3n) is 5.07. The first kappa shape index (κ1) is 22.9. The van der Waals surface area contributed by atoms with E-state index in [9.17, 15) is 24.3 Å². The summed E-state index contributed by atoms with van der Waals surface area (Å²) in [6.45, 7) is 4.86. The van der Waals surface area contributed by atoms with Crippen molar-refractivity contribution in [2.45, 2.75) is 39.7 Å². The van der Waals surface area contributed by atoms with E-state index < -0.39 is 36.0 Å². The first-order valence-corrected chi connectivity index (χ1v) is 9.57. The molecule has 0 spiro atoms. The van der Waals surface area contributed by atoms with Crippen LogP contribution in [0.25, 0.3) is 11.0 Å². The van der Waals surface area contributed by atoms with E-state index in [1.165, 1.54) is 7.11 Å². The molecule has 0 saturated carbocycles. The topological polar surface area (TPSA) is 135 Å². The SMILES string of the molecule is CC[C@@H](C)[C@H](NC(=O)CNC(=O)Cc1c(C)c2ccc(OC)cc2oc1=O)C(=O)O. The van der Waals surface area contributed by atoms with Crippen LogP contribution in [0.2, 0.25) is 0 Å². The Morgan fingerprint density at radius 3 is 2.53 bits per heavy atom. The summed E-state index contributed by atoms with van der Waals surface area (Å²) in [5.41, 5.74) is 0.500. The molecule has 1 heterocycles. The van der Waals surface area contributed by atoms with Crippen molar-refractivity contribution in [1.82, 2.24) is 10.6 Å². The van der Waals surface area contributed by atoms with E-state index in [2.05, 4.69) is 10.6 Å². The molecule has 9 nitrogen and oxygen atoms in total. The van der Waals surface area contributed by atoms with Crippen LogP contribution in [0.4, 0.5) is 0 Å². The number of carboxylic acid groups (broad SMARTS) is 1. The first-order valence-electron chi connectivity index (χ1n) is 9.57. The van der Waals surface area contributed by atoms with Crippen LogP contribution in [0.1, 0.15) is 31.4 Å². The molecule has 9 heteroatoms. The molecule has 2 aromatic rings. The molecular formula is C21H26N2O7. The minimum atomic E-state index is -1.13. The van der Waals surface area contributed by atoms with Crippen LogP contribution in [-0.4, -0.2) is 42.6 Å². The molecule has 0 radical (unpaired) electrons. The van der Waals surface area contributed by atoms with Gasteiger partial charge in [-0.25, -0.2) is 9.59 Å². The van der Waals surface area contributed by atoms with Gasteiger partial charge in [0, 0.05) is 11.5 Å². The summed E-state index contributed by atoms with van der Waals surface area (Å²) in [6.07, 6.45) is 0.309. The van der Waals surface area contributed by atoms with Gasteiger partial charge >= 0.3 is 11.6 Å². The molecule has 30 heavy (non-hydrogen) atoms. The molecule has 0 saturated heterocycles. The van der Waals surface area contributed by atoms with Gasteiger partial charge in [-0.1, -0.05) is 20.3 Å². The van der Waals surface area contributed by atoms with Gasteiger partial charge in [0.2, 0.25) is 11.8 Å². The van der Waals surface area contributed by atoms with E-state index in [1.807, 2.05) is 6.92 Å². The third-order valence-corrected chi connectivity index (χ3v) is 5.07. The van der Waals surface area contributed by atoms with Crippen molar-refractivity contribution >= 4 is 28.8 Å². The van der Waals surface area contributed by atoms with E-state index in [0.29, 0.717) is 28.7 Å². The number of carbonyl (C=O) groups is 3. The molecule has 0 aliphatic rings. The van der Waals surface area contributed by atoms with E-state index in [-0.39, 0.29) is 17.9 Å². The number of aliphatic carboxylic acids is 1. The maximum Gasteiger partial charge on any atom is 0.340 e. The lowest BCUT2D eigenvalue weighted by Gasteiger charge is -2.20. The second-order valence-corrected chi connectivity index (χ2v) is 7.08. The number of ether oxygens (including phenoxy) is 1. The van der Waals surface area contributed by atoms with Crippen LogP contribution >= 0.6 is 0 Å². The molecule has 162 valence electrons. The Morgan fingerprint density at radius 1 is 1.23 bits per heavy atom. The average Bonchev–Trinajstić information content (AvgIpc) is 2.72. The minimum absolute atomic E-state index is 0.189. The van der Waals surface area contributed by atoms with Gasteiger partial charge in [-0.15, -0.1) is 0 Å². The molecule has 2 atom stereocenters. The zero-order chi connectivity index (χ0) is 22.4. The van der Waals surface area contributed by atoms with Crippen LogP contribution in [0, 0.1) is 12.8 Å². The lowest BCUT2D eigenvalue weighted by Crippen LogP contribution is -2.48. The largest absolute Gasteiger partial charge is 0.497 e. The normalized spacial score (nSPS) is 12.8. The summed E-state index contributed by atoms with van der Waals surface area (Å²) >= 11 is 0. The Hall–Kier alpha value is -3.36. The first-order chi connectivity index (χ1) is 14.2. The van der Waals surface area contributed by atoms with Gasteiger partial charge in [0.1, 0.15) is 17.4 Å². The maximum atomic E-state index is 12.3. The second kappa shape index (κ2) is 9.91. The molecule has 0 fully saturated rings. The van der Waals surface area contributed by atoms with Gasteiger partial charge in [-0.2, -0.15) is 0 Å².